The summed E-state index contributed by atoms with van der Waals surface area (Å²) in [5, 5.41) is 8.74. The smallest absolute Gasteiger partial charge is 0.277 e. The van der Waals surface area contributed by atoms with Crippen LogP contribution in [-0.2, 0) is 6.42 Å². The highest BCUT2D eigenvalue weighted by Gasteiger charge is 2.19. The van der Waals surface area contributed by atoms with Crippen molar-refractivity contribution >= 4 is 29.1 Å². The highest BCUT2D eigenvalue weighted by atomic mass is 35.5. The van der Waals surface area contributed by atoms with Crippen LogP contribution in [0.2, 0.25) is 5.02 Å². The number of carbonyl (C=O) groups excluding carboxylic acids is 1. The maximum absolute atomic E-state index is 12.4. The lowest BCUT2D eigenvalue weighted by atomic mass is 10.1. The number of hydrogen-bond donors (Lipinski definition) is 0. The summed E-state index contributed by atoms with van der Waals surface area (Å²) in [4.78, 5) is 12.4. The first-order valence-corrected chi connectivity index (χ1v) is 8.70. The van der Waals surface area contributed by atoms with Gasteiger partial charge in [0, 0.05) is 10.6 Å². The van der Waals surface area contributed by atoms with Gasteiger partial charge >= 0.3 is 0 Å². The second-order valence-electron chi connectivity index (χ2n) is 5.26. The minimum Gasteiger partial charge on any atom is -0.416 e. The predicted molar refractivity (Wildman–Crippen MR) is 94.6 cm³/mol. The molecule has 122 valence electrons. The van der Waals surface area contributed by atoms with Gasteiger partial charge in [-0.05, 0) is 36.8 Å². The normalized spacial score (nSPS) is 12.1. The van der Waals surface area contributed by atoms with Gasteiger partial charge in [-0.15, -0.1) is 10.2 Å². The zero-order valence-electron chi connectivity index (χ0n) is 13.0. The molecule has 0 fully saturated rings. The predicted octanol–water partition coefficient (Wildman–Crippen LogP) is 4.68. The zero-order valence-corrected chi connectivity index (χ0v) is 14.6. The van der Waals surface area contributed by atoms with Crippen LogP contribution in [-0.4, -0.2) is 21.2 Å². The molecule has 0 saturated heterocycles. The van der Waals surface area contributed by atoms with E-state index in [1.807, 2.05) is 37.3 Å². The van der Waals surface area contributed by atoms with Gasteiger partial charge in [-0.2, -0.15) is 0 Å². The fourth-order valence-electron chi connectivity index (χ4n) is 2.18. The number of hydrogen-bond acceptors (Lipinski definition) is 5. The SMILES string of the molecule is C[C@@H](Sc1nnc(Cc2ccccc2)o1)C(=O)c1ccc(Cl)cc1. The topological polar surface area (TPSA) is 56.0 Å². The molecule has 0 spiro atoms. The lowest BCUT2D eigenvalue weighted by Gasteiger charge is -2.07. The highest BCUT2D eigenvalue weighted by Crippen LogP contribution is 2.25. The van der Waals surface area contributed by atoms with Crippen molar-refractivity contribution in [3.8, 4) is 0 Å². The lowest BCUT2D eigenvalue weighted by Crippen LogP contribution is -2.13. The lowest BCUT2D eigenvalue weighted by molar-refractivity contribution is 0.0993. The van der Waals surface area contributed by atoms with Crippen LogP contribution in [0.15, 0.2) is 64.2 Å². The van der Waals surface area contributed by atoms with Crippen molar-refractivity contribution in [2.75, 3.05) is 0 Å². The van der Waals surface area contributed by atoms with Gasteiger partial charge in [0.25, 0.3) is 5.22 Å². The number of rotatable bonds is 6. The van der Waals surface area contributed by atoms with Crippen molar-refractivity contribution in [1.29, 1.82) is 0 Å². The van der Waals surface area contributed by atoms with E-state index in [1.54, 1.807) is 24.3 Å². The van der Waals surface area contributed by atoms with E-state index in [0.717, 1.165) is 5.56 Å². The molecular formula is C18H15ClN2O2S. The van der Waals surface area contributed by atoms with Gasteiger partial charge < -0.3 is 4.42 Å². The van der Waals surface area contributed by atoms with Crippen LogP contribution in [0.3, 0.4) is 0 Å². The van der Waals surface area contributed by atoms with Crippen LogP contribution in [0.4, 0.5) is 0 Å². The molecule has 1 atom stereocenters. The molecule has 1 heterocycles. The largest absolute Gasteiger partial charge is 0.416 e. The molecule has 0 radical (unpaired) electrons. The number of ketones is 1. The quantitative estimate of drug-likeness (QED) is 0.473. The number of thioether (sulfide) groups is 1. The Labute approximate surface area is 149 Å². The second kappa shape index (κ2) is 7.64. The van der Waals surface area contributed by atoms with Crippen molar-refractivity contribution in [3.05, 3.63) is 76.6 Å². The van der Waals surface area contributed by atoms with Crippen molar-refractivity contribution in [3.63, 3.8) is 0 Å². The van der Waals surface area contributed by atoms with Crippen molar-refractivity contribution in [2.45, 2.75) is 23.8 Å². The monoisotopic (exact) mass is 358 g/mol. The van der Waals surface area contributed by atoms with Crippen molar-refractivity contribution in [1.82, 2.24) is 10.2 Å². The third kappa shape index (κ3) is 4.24. The number of carbonyl (C=O) groups is 1. The van der Waals surface area contributed by atoms with Crippen LogP contribution in [0, 0.1) is 0 Å². The Morgan fingerprint density at radius 1 is 1.12 bits per heavy atom. The van der Waals surface area contributed by atoms with E-state index in [9.17, 15) is 4.79 Å². The van der Waals surface area contributed by atoms with E-state index < -0.39 is 0 Å². The van der Waals surface area contributed by atoms with Crippen molar-refractivity contribution in [2.24, 2.45) is 0 Å². The molecule has 0 bridgehead atoms. The van der Waals surface area contributed by atoms with Gasteiger partial charge in [0.1, 0.15) is 0 Å². The summed E-state index contributed by atoms with van der Waals surface area (Å²) in [6, 6.07) is 16.7. The van der Waals surface area contributed by atoms with Gasteiger partial charge in [0.05, 0.1) is 11.7 Å². The van der Waals surface area contributed by atoms with Crippen LogP contribution >= 0.6 is 23.4 Å². The average Bonchev–Trinajstić information content (AvgIpc) is 3.02. The number of aromatic nitrogens is 2. The third-order valence-electron chi connectivity index (χ3n) is 3.42. The van der Waals surface area contributed by atoms with Gasteiger partial charge in [0.15, 0.2) is 5.78 Å². The van der Waals surface area contributed by atoms with Crippen LogP contribution in [0.25, 0.3) is 0 Å². The molecule has 6 heteroatoms. The van der Waals surface area contributed by atoms with Gasteiger partial charge in [-0.1, -0.05) is 53.7 Å². The summed E-state index contributed by atoms with van der Waals surface area (Å²) in [6.45, 7) is 1.82. The fourth-order valence-corrected chi connectivity index (χ4v) is 3.09. The van der Waals surface area contributed by atoms with E-state index in [-0.39, 0.29) is 11.0 Å². The number of benzene rings is 2. The third-order valence-corrected chi connectivity index (χ3v) is 4.61. The number of Topliss-reactive ketones (excluding diaryl/α,β-unsaturated/α-hetero) is 1. The summed E-state index contributed by atoms with van der Waals surface area (Å²) in [5.41, 5.74) is 1.71. The molecule has 0 N–H and O–H groups in total. The molecule has 1 aromatic heterocycles. The fraction of sp³-hybridized carbons (Fsp3) is 0.167. The molecule has 0 unspecified atom stereocenters. The average molecular weight is 359 g/mol. The van der Waals surface area contributed by atoms with Crippen molar-refractivity contribution < 1.29 is 9.21 Å². The Bertz CT molecular complexity index is 819. The van der Waals surface area contributed by atoms with Crippen LogP contribution in [0.5, 0.6) is 0 Å². The molecule has 0 aliphatic carbocycles. The summed E-state index contributed by atoms with van der Waals surface area (Å²) < 4.78 is 5.63. The molecule has 4 nitrogen and oxygen atoms in total. The first kappa shape index (κ1) is 16.7. The highest BCUT2D eigenvalue weighted by molar-refractivity contribution is 8.00. The van der Waals surface area contributed by atoms with Crippen LogP contribution in [0.1, 0.15) is 28.7 Å². The Morgan fingerprint density at radius 2 is 1.83 bits per heavy atom. The molecule has 0 saturated carbocycles. The second-order valence-corrected chi connectivity index (χ2v) is 6.98. The van der Waals surface area contributed by atoms with Gasteiger partial charge in [0.2, 0.25) is 5.89 Å². The summed E-state index contributed by atoms with van der Waals surface area (Å²) in [6.07, 6.45) is 0.577. The molecular weight excluding hydrogens is 344 g/mol. The van der Waals surface area contributed by atoms with Gasteiger partial charge in [-0.3, -0.25) is 4.79 Å². The van der Waals surface area contributed by atoms with E-state index in [2.05, 4.69) is 10.2 Å². The van der Waals surface area contributed by atoms with Crippen LogP contribution < -0.4 is 0 Å². The van der Waals surface area contributed by atoms with E-state index in [0.29, 0.717) is 28.1 Å². The maximum atomic E-state index is 12.4. The molecule has 0 aliphatic heterocycles. The molecule has 2 aromatic carbocycles. The first-order valence-electron chi connectivity index (χ1n) is 7.44. The Hall–Kier alpha value is -2.11. The van der Waals surface area contributed by atoms with E-state index in [1.165, 1.54) is 11.8 Å². The van der Waals surface area contributed by atoms with Gasteiger partial charge in [-0.25, -0.2) is 0 Å². The number of nitrogens with zero attached hydrogens (tertiary/aromatic N) is 2. The first-order chi connectivity index (χ1) is 11.6. The Morgan fingerprint density at radius 3 is 2.54 bits per heavy atom. The minimum atomic E-state index is -0.323. The summed E-state index contributed by atoms with van der Waals surface area (Å²) in [5.74, 6) is 0.536. The molecule has 24 heavy (non-hydrogen) atoms. The minimum absolute atomic E-state index is 0.000485. The maximum Gasteiger partial charge on any atom is 0.277 e. The standard InChI is InChI=1S/C18H15ClN2O2S/c1-12(17(22)14-7-9-15(19)10-8-14)24-18-21-20-16(23-18)11-13-5-3-2-4-6-13/h2-10,12H,11H2,1H3/t12-/m1/s1. The van der Waals surface area contributed by atoms with E-state index in [4.69, 9.17) is 16.0 Å². The Balaban J connectivity index is 1.63. The van der Waals surface area contributed by atoms with E-state index >= 15 is 0 Å². The summed E-state index contributed by atoms with van der Waals surface area (Å²) >= 11 is 7.10. The molecule has 0 amide bonds. The summed E-state index contributed by atoms with van der Waals surface area (Å²) in [7, 11) is 0. The molecule has 3 rings (SSSR count). The molecule has 3 aromatic rings. The Kier molecular flexibility index (Phi) is 5.33. The zero-order chi connectivity index (χ0) is 16.9. The molecule has 0 aliphatic rings. The number of halogens is 1.